The van der Waals surface area contributed by atoms with E-state index in [1.165, 1.54) is 4.90 Å². The summed E-state index contributed by atoms with van der Waals surface area (Å²) in [7, 11) is 0. The molecule has 1 amide bonds. The second kappa shape index (κ2) is 4.53. The van der Waals surface area contributed by atoms with Crippen LogP contribution in [0.5, 0.6) is 0 Å². The molecular weight excluding hydrogens is 230 g/mol. The van der Waals surface area contributed by atoms with Gasteiger partial charge in [-0.1, -0.05) is 6.07 Å². The molecule has 18 heavy (non-hydrogen) atoms. The Hall–Kier alpha value is -1.68. The van der Waals surface area contributed by atoms with Crippen LogP contribution in [-0.4, -0.2) is 29.4 Å². The van der Waals surface area contributed by atoms with Crippen LogP contribution < -0.4 is 4.90 Å². The van der Waals surface area contributed by atoms with Crippen molar-refractivity contribution < 1.29 is 14.7 Å². The molecule has 0 saturated heterocycles. The molecule has 0 spiro atoms. The Labute approximate surface area is 106 Å². The van der Waals surface area contributed by atoms with E-state index in [-0.39, 0.29) is 0 Å². The van der Waals surface area contributed by atoms with Gasteiger partial charge < -0.3 is 10.0 Å². The molecule has 1 unspecified atom stereocenters. The highest BCUT2D eigenvalue weighted by Gasteiger charge is 2.36. The first-order valence-electron chi connectivity index (χ1n) is 6.07. The second-order valence-corrected chi connectivity index (χ2v) is 4.90. The van der Waals surface area contributed by atoms with Crippen molar-refractivity contribution in [3.8, 4) is 0 Å². The molecule has 0 fully saturated rings. The fourth-order valence-electron chi connectivity index (χ4n) is 2.36. The van der Waals surface area contributed by atoms with Crippen LogP contribution in [0.25, 0.3) is 0 Å². The van der Waals surface area contributed by atoms with Crippen molar-refractivity contribution >= 4 is 17.4 Å². The van der Waals surface area contributed by atoms with Crippen LogP contribution in [0.2, 0.25) is 0 Å². The Kier molecular flexibility index (Phi) is 3.22. The summed E-state index contributed by atoms with van der Waals surface area (Å²) in [5.41, 5.74) is 3.10. The monoisotopic (exact) mass is 247 g/mol. The zero-order valence-electron chi connectivity index (χ0n) is 10.9. The van der Waals surface area contributed by atoms with Crippen LogP contribution in [0.4, 0.5) is 5.69 Å². The van der Waals surface area contributed by atoms with Crippen molar-refractivity contribution in [2.75, 3.05) is 11.4 Å². The summed E-state index contributed by atoms with van der Waals surface area (Å²) in [5.74, 6) is -0.929. The molecule has 0 saturated carbocycles. The number of hydrogen-bond donors (Lipinski definition) is 1. The van der Waals surface area contributed by atoms with Gasteiger partial charge >= 0.3 is 0 Å². The first-order chi connectivity index (χ1) is 8.41. The minimum Gasteiger partial charge on any atom is -0.393 e. The van der Waals surface area contributed by atoms with E-state index in [1.54, 1.807) is 13.0 Å². The highest BCUT2D eigenvalue weighted by atomic mass is 16.3. The summed E-state index contributed by atoms with van der Waals surface area (Å²) in [6.07, 6.45) is -0.0195. The van der Waals surface area contributed by atoms with Crippen LogP contribution in [0.15, 0.2) is 12.1 Å². The normalized spacial score (nSPS) is 16.1. The highest BCUT2D eigenvalue weighted by Crippen LogP contribution is 2.33. The molecule has 0 bridgehead atoms. The second-order valence-electron chi connectivity index (χ2n) is 4.90. The SMILES string of the molecule is Cc1cc(C)c2c(c1)C(=O)C(=O)N2CCC(C)O. The van der Waals surface area contributed by atoms with Crippen LogP contribution in [0, 0.1) is 13.8 Å². The molecule has 0 aliphatic carbocycles. The quantitative estimate of drug-likeness (QED) is 0.825. The van der Waals surface area contributed by atoms with Crippen molar-refractivity contribution in [3.05, 3.63) is 28.8 Å². The number of Topliss-reactive ketones (excluding diaryl/α,β-unsaturated/α-hetero) is 1. The fourth-order valence-corrected chi connectivity index (χ4v) is 2.36. The number of aliphatic hydroxyl groups excluding tert-OH is 1. The lowest BCUT2D eigenvalue weighted by molar-refractivity contribution is -0.114. The van der Waals surface area contributed by atoms with Crippen molar-refractivity contribution in [1.29, 1.82) is 0 Å². The number of benzene rings is 1. The maximum atomic E-state index is 11.9. The maximum absolute atomic E-state index is 11.9. The summed E-state index contributed by atoms with van der Waals surface area (Å²) in [4.78, 5) is 25.3. The molecule has 0 radical (unpaired) electrons. The number of anilines is 1. The van der Waals surface area contributed by atoms with Gasteiger partial charge in [-0.3, -0.25) is 9.59 Å². The number of ketones is 1. The molecule has 1 heterocycles. The molecule has 4 heteroatoms. The molecule has 1 aromatic carbocycles. The summed E-state index contributed by atoms with van der Waals surface area (Å²) < 4.78 is 0. The number of carbonyl (C=O) groups excluding carboxylic acids is 2. The number of fused-ring (bicyclic) bond motifs is 1. The first-order valence-corrected chi connectivity index (χ1v) is 6.07. The zero-order chi connectivity index (χ0) is 13.4. The van der Waals surface area contributed by atoms with E-state index >= 15 is 0 Å². The number of hydrogen-bond acceptors (Lipinski definition) is 3. The number of amides is 1. The van der Waals surface area contributed by atoms with Gasteiger partial charge in [0.2, 0.25) is 0 Å². The highest BCUT2D eigenvalue weighted by molar-refractivity contribution is 6.52. The van der Waals surface area contributed by atoms with Crippen molar-refractivity contribution in [3.63, 3.8) is 0 Å². The lowest BCUT2D eigenvalue weighted by Crippen LogP contribution is -2.32. The summed E-state index contributed by atoms with van der Waals surface area (Å²) in [6.45, 7) is 5.85. The van der Waals surface area contributed by atoms with E-state index in [2.05, 4.69) is 0 Å². The Balaban J connectivity index is 2.42. The molecule has 1 atom stereocenters. The minimum absolute atomic E-state index is 0.374. The van der Waals surface area contributed by atoms with E-state index in [0.29, 0.717) is 24.2 Å². The van der Waals surface area contributed by atoms with Crippen molar-refractivity contribution in [1.82, 2.24) is 0 Å². The predicted molar refractivity (Wildman–Crippen MR) is 68.9 cm³/mol. The molecule has 96 valence electrons. The Bertz CT molecular complexity index is 520. The van der Waals surface area contributed by atoms with Gasteiger partial charge in [0.1, 0.15) is 0 Å². The van der Waals surface area contributed by atoms with Gasteiger partial charge in [-0.15, -0.1) is 0 Å². The van der Waals surface area contributed by atoms with Crippen LogP contribution in [0.1, 0.15) is 34.8 Å². The summed E-state index contributed by atoms with van der Waals surface area (Å²) in [6, 6.07) is 3.71. The Morgan fingerprint density at radius 2 is 1.94 bits per heavy atom. The third-order valence-electron chi connectivity index (χ3n) is 3.17. The van der Waals surface area contributed by atoms with E-state index in [1.807, 2.05) is 19.9 Å². The molecule has 1 aromatic rings. The van der Waals surface area contributed by atoms with Gasteiger partial charge in [0.15, 0.2) is 0 Å². The van der Waals surface area contributed by atoms with Gasteiger partial charge in [0.05, 0.1) is 17.4 Å². The number of carbonyl (C=O) groups is 2. The topological polar surface area (TPSA) is 57.6 Å². The van der Waals surface area contributed by atoms with Crippen LogP contribution in [-0.2, 0) is 4.79 Å². The number of rotatable bonds is 3. The largest absolute Gasteiger partial charge is 0.393 e. The summed E-state index contributed by atoms with van der Waals surface area (Å²) >= 11 is 0. The van der Waals surface area contributed by atoms with Gasteiger partial charge in [0, 0.05) is 6.54 Å². The number of aryl methyl sites for hydroxylation is 2. The van der Waals surface area contributed by atoms with Crippen LogP contribution >= 0.6 is 0 Å². The van der Waals surface area contributed by atoms with Crippen molar-refractivity contribution in [2.24, 2.45) is 0 Å². The smallest absolute Gasteiger partial charge is 0.299 e. The number of nitrogens with zero attached hydrogens (tertiary/aromatic N) is 1. The number of aliphatic hydroxyl groups is 1. The molecule has 1 N–H and O–H groups in total. The standard InChI is InChI=1S/C14H17NO3/c1-8-6-9(2)12-11(7-8)13(17)14(18)15(12)5-4-10(3)16/h6-7,10,16H,4-5H2,1-3H3. The van der Waals surface area contributed by atoms with Crippen molar-refractivity contribution in [2.45, 2.75) is 33.3 Å². The van der Waals surface area contributed by atoms with E-state index in [0.717, 1.165) is 11.1 Å². The van der Waals surface area contributed by atoms with Crippen LogP contribution in [0.3, 0.4) is 0 Å². The Morgan fingerprint density at radius 1 is 1.28 bits per heavy atom. The summed E-state index contributed by atoms with van der Waals surface area (Å²) in [5, 5.41) is 9.30. The molecule has 0 aromatic heterocycles. The average Bonchev–Trinajstić information content (AvgIpc) is 2.51. The van der Waals surface area contributed by atoms with Gasteiger partial charge in [0.25, 0.3) is 11.7 Å². The van der Waals surface area contributed by atoms with E-state index < -0.39 is 17.8 Å². The zero-order valence-corrected chi connectivity index (χ0v) is 10.9. The van der Waals surface area contributed by atoms with Gasteiger partial charge in [-0.2, -0.15) is 0 Å². The fraction of sp³-hybridized carbons (Fsp3) is 0.429. The lowest BCUT2D eigenvalue weighted by Gasteiger charge is -2.19. The molecule has 1 aliphatic rings. The third kappa shape index (κ3) is 2.04. The lowest BCUT2D eigenvalue weighted by atomic mass is 10.0. The predicted octanol–water partition coefficient (Wildman–Crippen LogP) is 1.60. The first kappa shape index (κ1) is 12.8. The van der Waals surface area contributed by atoms with Gasteiger partial charge in [-0.05, 0) is 44.4 Å². The average molecular weight is 247 g/mol. The molecule has 4 nitrogen and oxygen atoms in total. The molecular formula is C14H17NO3. The Morgan fingerprint density at radius 3 is 2.56 bits per heavy atom. The molecule has 2 rings (SSSR count). The van der Waals surface area contributed by atoms with E-state index in [9.17, 15) is 14.7 Å². The van der Waals surface area contributed by atoms with Gasteiger partial charge in [-0.25, -0.2) is 0 Å². The minimum atomic E-state index is -0.487. The third-order valence-corrected chi connectivity index (χ3v) is 3.17. The van der Waals surface area contributed by atoms with E-state index in [4.69, 9.17) is 0 Å². The maximum Gasteiger partial charge on any atom is 0.299 e. The molecule has 1 aliphatic heterocycles.